The first-order chi connectivity index (χ1) is 9.13. The van der Waals surface area contributed by atoms with Gasteiger partial charge in [0.1, 0.15) is 6.04 Å². The summed E-state index contributed by atoms with van der Waals surface area (Å²) >= 11 is 11.0. The van der Waals surface area contributed by atoms with Crippen LogP contribution in [0, 0.1) is 11.3 Å². The Morgan fingerprint density at radius 3 is 2.79 bits per heavy atom. The van der Waals surface area contributed by atoms with Crippen molar-refractivity contribution in [3.05, 3.63) is 49.6 Å². The van der Waals surface area contributed by atoms with E-state index in [-0.39, 0.29) is 6.04 Å². The molecule has 1 N–H and O–H groups in total. The van der Waals surface area contributed by atoms with Gasteiger partial charge in [0.15, 0.2) is 0 Å². The molecule has 2 aromatic rings. The number of benzene rings is 1. The SMILES string of the molecule is CCc1ccc(C(C#N)Nc2ccc(Cl)c(Br)c2)s1. The number of hydrogen-bond acceptors (Lipinski definition) is 3. The van der Waals surface area contributed by atoms with Crippen molar-refractivity contribution < 1.29 is 0 Å². The maximum Gasteiger partial charge on any atom is 0.149 e. The number of nitrogens with one attached hydrogen (secondary N) is 1. The second kappa shape index (κ2) is 6.42. The minimum atomic E-state index is -0.335. The molecule has 2 nitrogen and oxygen atoms in total. The van der Waals surface area contributed by atoms with Crippen LogP contribution in [0.25, 0.3) is 0 Å². The van der Waals surface area contributed by atoms with E-state index in [0.717, 1.165) is 21.5 Å². The lowest BCUT2D eigenvalue weighted by atomic mass is 10.2. The number of aryl methyl sites for hydroxylation is 1. The van der Waals surface area contributed by atoms with Crippen LogP contribution in [0.3, 0.4) is 0 Å². The summed E-state index contributed by atoms with van der Waals surface area (Å²) in [5.74, 6) is 0. The third-order valence-electron chi connectivity index (χ3n) is 2.68. The molecule has 0 radical (unpaired) electrons. The van der Waals surface area contributed by atoms with Crippen LogP contribution in [0.15, 0.2) is 34.8 Å². The first-order valence-corrected chi connectivity index (χ1v) is 7.82. The number of rotatable bonds is 4. The molecule has 19 heavy (non-hydrogen) atoms. The number of nitriles is 1. The summed E-state index contributed by atoms with van der Waals surface area (Å²) in [6, 6.07) is 11.6. The van der Waals surface area contributed by atoms with Gasteiger partial charge in [-0.05, 0) is 52.7 Å². The molecule has 2 rings (SSSR count). The van der Waals surface area contributed by atoms with Crippen molar-refractivity contribution in [2.75, 3.05) is 5.32 Å². The predicted molar refractivity (Wildman–Crippen MR) is 84.8 cm³/mol. The van der Waals surface area contributed by atoms with Gasteiger partial charge in [-0.15, -0.1) is 11.3 Å². The lowest BCUT2D eigenvalue weighted by molar-refractivity contribution is 1.03. The molecule has 0 aliphatic carbocycles. The van der Waals surface area contributed by atoms with Crippen molar-refractivity contribution in [3.63, 3.8) is 0 Å². The van der Waals surface area contributed by atoms with Crippen LogP contribution in [0.4, 0.5) is 5.69 Å². The zero-order chi connectivity index (χ0) is 13.8. The smallest absolute Gasteiger partial charge is 0.149 e. The van der Waals surface area contributed by atoms with E-state index in [4.69, 9.17) is 11.6 Å². The Morgan fingerprint density at radius 2 is 2.21 bits per heavy atom. The third kappa shape index (κ3) is 3.50. The van der Waals surface area contributed by atoms with Gasteiger partial charge >= 0.3 is 0 Å². The first-order valence-electron chi connectivity index (χ1n) is 5.84. The van der Waals surface area contributed by atoms with Crippen LogP contribution < -0.4 is 5.32 Å². The van der Waals surface area contributed by atoms with E-state index in [2.05, 4.69) is 40.3 Å². The van der Waals surface area contributed by atoms with Gasteiger partial charge in [0.2, 0.25) is 0 Å². The van der Waals surface area contributed by atoms with Gasteiger partial charge in [-0.1, -0.05) is 18.5 Å². The second-order valence-electron chi connectivity index (χ2n) is 3.99. The number of thiophene rings is 1. The molecule has 0 bridgehead atoms. The van der Waals surface area contributed by atoms with E-state index in [9.17, 15) is 5.26 Å². The minimum absolute atomic E-state index is 0.335. The zero-order valence-electron chi connectivity index (χ0n) is 10.3. The summed E-state index contributed by atoms with van der Waals surface area (Å²) in [5, 5.41) is 13.2. The quantitative estimate of drug-likeness (QED) is 0.796. The predicted octanol–water partition coefficient (Wildman–Crippen LogP) is 5.40. The molecule has 98 valence electrons. The highest BCUT2D eigenvalue weighted by molar-refractivity contribution is 9.10. The molecule has 0 amide bonds. The summed E-state index contributed by atoms with van der Waals surface area (Å²) < 4.78 is 0.816. The van der Waals surface area contributed by atoms with E-state index in [1.54, 1.807) is 17.4 Å². The summed E-state index contributed by atoms with van der Waals surface area (Å²) in [6.45, 7) is 2.11. The third-order valence-corrected chi connectivity index (χ3v) is 5.18. The highest BCUT2D eigenvalue weighted by Crippen LogP contribution is 2.30. The van der Waals surface area contributed by atoms with E-state index >= 15 is 0 Å². The summed E-state index contributed by atoms with van der Waals surface area (Å²) in [5.41, 5.74) is 0.870. The molecule has 0 aliphatic rings. The molecule has 1 atom stereocenters. The lowest BCUT2D eigenvalue weighted by Gasteiger charge is -2.12. The Morgan fingerprint density at radius 1 is 1.42 bits per heavy atom. The van der Waals surface area contributed by atoms with Crippen LogP contribution in [0.5, 0.6) is 0 Å². The molecule has 0 saturated heterocycles. The number of nitrogens with zero attached hydrogens (tertiary/aromatic N) is 1. The fraction of sp³-hybridized carbons (Fsp3) is 0.214. The van der Waals surface area contributed by atoms with E-state index in [1.807, 2.05) is 18.2 Å². The number of hydrogen-bond donors (Lipinski definition) is 1. The van der Waals surface area contributed by atoms with Crippen LogP contribution >= 0.6 is 38.9 Å². The molecule has 0 aliphatic heterocycles. The molecular weight excluding hydrogens is 344 g/mol. The highest BCUT2D eigenvalue weighted by Gasteiger charge is 2.13. The monoisotopic (exact) mass is 354 g/mol. The molecule has 0 fully saturated rings. The lowest BCUT2D eigenvalue weighted by Crippen LogP contribution is -2.06. The first kappa shape index (κ1) is 14.4. The molecule has 0 saturated carbocycles. The average Bonchev–Trinajstić information content (AvgIpc) is 2.88. The molecule has 1 unspecified atom stereocenters. The van der Waals surface area contributed by atoms with Crippen molar-refractivity contribution in [3.8, 4) is 6.07 Å². The van der Waals surface area contributed by atoms with Gasteiger partial charge in [0, 0.05) is 19.9 Å². The molecule has 5 heteroatoms. The van der Waals surface area contributed by atoms with Crippen molar-refractivity contribution in [1.82, 2.24) is 0 Å². The standard InChI is InChI=1S/C14H12BrClN2S/c1-2-10-4-6-14(19-10)13(8-17)18-9-3-5-12(16)11(15)7-9/h3-7,13,18H,2H2,1H3. The zero-order valence-corrected chi connectivity index (χ0v) is 13.4. The molecular formula is C14H12BrClN2S. The van der Waals surface area contributed by atoms with Gasteiger partial charge in [-0.2, -0.15) is 5.26 Å². The fourth-order valence-electron chi connectivity index (χ4n) is 1.66. The Bertz CT molecular complexity index is 618. The molecule has 1 aromatic heterocycles. The fourth-order valence-corrected chi connectivity index (χ4v) is 3.10. The van der Waals surface area contributed by atoms with Crippen LogP contribution in [0.2, 0.25) is 5.02 Å². The van der Waals surface area contributed by atoms with Crippen LogP contribution in [0.1, 0.15) is 22.7 Å². The van der Waals surface area contributed by atoms with Crippen LogP contribution in [-0.2, 0) is 6.42 Å². The van der Waals surface area contributed by atoms with Gasteiger partial charge in [-0.3, -0.25) is 0 Å². The van der Waals surface area contributed by atoms with E-state index < -0.39 is 0 Å². The van der Waals surface area contributed by atoms with E-state index in [1.165, 1.54) is 4.88 Å². The van der Waals surface area contributed by atoms with Crippen molar-refractivity contribution >= 4 is 44.6 Å². The van der Waals surface area contributed by atoms with E-state index in [0.29, 0.717) is 5.02 Å². The Balaban J connectivity index is 2.19. The summed E-state index contributed by atoms with van der Waals surface area (Å²) in [6.07, 6.45) is 0.995. The summed E-state index contributed by atoms with van der Waals surface area (Å²) in [7, 11) is 0. The molecule has 1 aromatic carbocycles. The van der Waals surface area contributed by atoms with Gasteiger partial charge < -0.3 is 5.32 Å². The maximum absolute atomic E-state index is 9.30. The van der Waals surface area contributed by atoms with Gasteiger partial charge in [0.05, 0.1) is 11.1 Å². The largest absolute Gasteiger partial charge is 0.366 e. The topological polar surface area (TPSA) is 35.8 Å². The Labute approximate surface area is 130 Å². The molecule has 1 heterocycles. The van der Waals surface area contributed by atoms with Gasteiger partial charge in [-0.25, -0.2) is 0 Å². The Kier molecular flexibility index (Phi) is 4.87. The number of anilines is 1. The van der Waals surface area contributed by atoms with Crippen molar-refractivity contribution in [2.24, 2.45) is 0 Å². The average molecular weight is 356 g/mol. The van der Waals surface area contributed by atoms with Crippen molar-refractivity contribution in [2.45, 2.75) is 19.4 Å². The highest BCUT2D eigenvalue weighted by atomic mass is 79.9. The Hall–Kier alpha value is -1.02. The number of halogens is 2. The second-order valence-corrected chi connectivity index (χ2v) is 6.45. The van der Waals surface area contributed by atoms with Crippen LogP contribution in [-0.4, -0.2) is 0 Å². The maximum atomic E-state index is 9.30. The minimum Gasteiger partial charge on any atom is -0.366 e. The normalized spacial score (nSPS) is 11.9. The summed E-state index contributed by atoms with van der Waals surface area (Å²) in [4.78, 5) is 2.32. The van der Waals surface area contributed by atoms with Crippen molar-refractivity contribution in [1.29, 1.82) is 5.26 Å². The van der Waals surface area contributed by atoms with Gasteiger partial charge in [0.25, 0.3) is 0 Å². The molecule has 0 spiro atoms.